The van der Waals surface area contributed by atoms with Gasteiger partial charge in [-0.05, 0) is 17.5 Å². The third kappa shape index (κ3) is 2.84. The van der Waals surface area contributed by atoms with Crippen molar-refractivity contribution in [1.29, 1.82) is 0 Å². The summed E-state index contributed by atoms with van der Waals surface area (Å²) in [6.45, 7) is 1.23. The van der Waals surface area contributed by atoms with E-state index in [0.717, 1.165) is 17.7 Å². The number of nitrogens with two attached hydrogens (primary N) is 1. The standard InChI is InChI=1S/C13H15NOS/c14-10-11-4-1-2-6-13(11)15-8-7-12-5-3-9-16-12/h1-6,9H,7-8,10,14H2. The summed E-state index contributed by atoms with van der Waals surface area (Å²) in [5, 5.41) is 2.09. The van der Waals surface area contributed by atoms with Gasteiger partial charge in [0.1, 0.15) is 5.75 Å². The number of hydrogen-bond acceptors (Lipinski definition) is 3. The molecular weight excluding hydrogens is 218 g/mol. The highest BCUT2D eigenvalue weighted by Crippen LogP contribution is 2.18. The molecule has 2 N–H and O–H groups in total. The van der Waals surface area contributed by atoms with Gasteiger partial charge in [0.15, 0.2) is 0 Å². The van der Waals surface area contributed by atoms with Crippen LogP contribution in [0.15, 0.2) is 41.8 Å². The van der Waals surface area contributed by atoms with E-state index in [-0.39, 0.29) is 0 Å². The van der Waals surface area contributed by atoms with Crippen LogP contribution in [0.25, 0.3) is 0 Å². The minimum absolute atomic E-state index is 0.523. The first kappa shape index (κ1) is 11.2. The van der Waals surface area contributed by atoms with Crippen molar-refractivity contribution in [3.63, 3.8) is 0 Å². The summed E-state index contributed by atoms with van der Waals surface area (Å²) >= 11 is 1.76. The van der Waals surface area contributed by atoms with Gasteiger partial charge in [-0.2, -0.15) is 0 Å². The Labute approximate surface area is 99.7 Å². The molecule has 1 heterocycles. The van der Waals surface area contributed by atoms with E-state index in [9.17, 15) is 0 Å². The maximum absolute atomic E-state index is 5.73. The molecule has 0 radical (unpaired) electrons. The summed E-state index contributed by atoms with van der Waals surface area (Å²) in [4.78, 5) is 1.35. The number of thiophene rings is 1. The van der Waals surface area contributed by atoms with Gasteiger partial charge < -0.3 is 10.5 Å². The molecule has 0 saturated carbocycles. The van der Waals surface area contributed by atoms with Crippen LogP contribution in [0.4, 0.5) is 0 Å². The molecule has 2 nitrogen and oxygen atoms in total. The Morgan fingerprint density at radius 1 is 1.12 bits per heavy atom. The van der Waals surface area contributed by atoms with E-state index in [1.165, 1.54) is 4.88 Å². The minimum Gasteiger partial charge on any atom is -0.493 e. The number of para-hydroxylation sites is 1. The van der Waals surface area contributed by atoms with Crippen molar-refractivity contribution >= 4 is 11.3 Å². The summed E-state index contributed by atoms with van der Waals surface area (Å²) in [6, 6.07) is 12.1. The molecule has 0 fully saturated rings. The molecule has 1 aromatic carbocycles. The molecular formula is C13H15NOS. The van der Waals surface area contributed by atoms with Crippen LogP contribution in [-0.4, -0.2) is 6.61 Å². The molecule has 0 saturated heterocycles. The van der Waals surface area contributed by atoms with Gasteiger partial charge in [0, 0.05) is 23.4 Å². The van der Waals surface area contributed by atoms with E-state index >= 15 is 0 Å². The van der Waals surface area contributed by atoms with Crippen LogP contribution in [0.1, 0.15) is 10.4 Å². The van der Waals surface area contributed by atoms with Crippen molar-refractivity contribution in [2.75, 3.05) is 6.61 Å². The van der Waals surface area contributed by atoms with E-state index in [0.29, 0.717) is 13.2 Å². The Morgan fingerprint density at radius 2 is 2.00 bits per heavy atom. The largest absolute Gasteiger partial charge is 0.493 e. The van der Waals surface area contributed by atoms with Crippen LogP contribution in [0.5, 0.6) is 5.75 Å². The molecule has 0 spiro atoms. The topological polar surface area (TPSA) is 35.2 Å². The Bertz CT molecular complexity index is 425. The van der Waals surface area contributed by atoms with Gasteiger partial charge in [-0.1, -0.05) is 24.3 Å². The molecule has 0 aliphatic rings. The van der Waals surface area contributed by atoms with E-state index in [1.54, 1.807) is 11.3 Å². The molecule has 0 aliphatic carbocycles. The predicted octanol–water partition coefficient (Wildman–Crippen LogP) is 2.83. The molecule has 2 aromatic rings. The summed E-state index contributed by atoms with van der Waals surface area (Å²) in [5.41, 5.74) is 6.70. The third-order valence-electron chi connectivity index (χ3n) is 2.38. The zero-order valence-electron chi connectivity index (χ0n) is 9.06. The summed E-state index contributed by atoms with van der Waals surface area (Å²) < 4.78 is 5.73. The number of hydrogen-bond donors (Lipinski definition) is 1. The van der Waals surface area contributed by atoms with Crippen molar-refractivity contribution < 1.29 is 4.74 Å². The molecule has 1 aromatic heterocycles. The maximum Gasteiger partial charge on any atom is 0.123 e. The van der Waals surface area contributed by atoms with Crippen LogP contribution in [-0.2, 0) is 13.0 Å². The van der Waals surface area contributed by atoms with Crippen molar-refractivity contribution in [2.24, 2.45) is 5.73 Å². The van der Waals surface area contributed by atoms with E-state index < -0.39 is 0 Å². The van der Waals surface area contributed by atoms with Crippen LogP contribution in [0.2, 0.25) is 0 Å². The highest BCUT2D eigenvalue weighted by atomic mass is 32.1. The highest BCUT2D eigenvalue weighted by Gasteiger charge is 2.01. The predicted molar refractivity (Wildman–Crippen MR) is 67.9 cm³/mol. The minimum atomic E-state index is 0.523. The lowest BCUT2D eigenvalue weighted by Gasteiger charge is -2.09. The molecule has 16 heavy (non-hydrogen) atoms. The van der Waals surface area contributed by atoms with Crippen molar-refractivity contribution in [3.8, 4) is 5.75 Å². The van der Waals surface area contributed by atoms with Crippen molar-refractivity contribution in [3.05, 3.63) is 52.2 Å². The summed E-state index contributed by atoms with van der Waals surface area (Å²) in [6.07, 6.45) is 0.955. The Kier molecular flexibility index (Phi) is 3.97. The lowest BCUT2D eigenvalue weighted by Crippen LogP contribution is -2.04. The van der Waals surface area contributed by atoms with Gasteiger partial charge in [-0.3, -0.25) is 0 Å². The summed E-state index contributed by atoms with van der Waals surface area (Å²) in [5.74, 6) is 0.904. The Morgan fingerprint density at radius 3 is 2.75 bits per heavy atom. The number of benzene rings is 1. The fourth-order valence-corrected chi connectivity index (χ4v) is 2.22. The van der Waals surface area contributed by atoms with Crippen LogP contribution >= 0.6 is 11.3 Å². The first-order chi connectivity index (χ1) is 7.90. The first-order valence-electron chi connectivity index (χ1n) is 5.33. The Balaban J connectivity index is 1.89. The van der Waals surface area contributed by atoms with Gasteiger partial charge in [0.25, 0.3) is 0 Å². The van der Waals surface area contributed by atoms with E-state index in [2.05, 4.69) is 17.5 Å². The zero-order valence-corrected chi connectivity index (χ0v) is 9.87. The normalized spacial score (nSPS) is 10.3. The second-order valence-corrected chi connectivity index (χ2v) is 4.52. The first-order valence-corrected chi connectivity index (χ1v) is 6.21. The SMILES string of the molecule is NCc1ccccc1OCCc1cccs1. The maximum atomic E-state index is 5.73. The monoisotopic (exact) mass is 233 g/mol. The molecule has 0 bridgehead atoms. The lowest BCUT2D eigenvalue weighted by molar-refractivity contribution is 0.319. The molecule has 0 atom stereocenters. The number of rotatable bonds is 5. The van der Waals surface area contributed by atoms with Crippen molar-refractivity contribution in [2.45, 2.75) is 13.0 Å². The quantitative estimate of drug-likeness (QED) is 0.862. The molecule has 2 rings (SSSR count). The second-order valence-electron chi connectivity index (χ2n) is 3.49. The van der Waals surface area contributed by atoms with Gasteiger partial charge in [0.05, 0.1) is 6.61 Å². The van der Waals surface area contributed by atoms with Gasteiger partial charge in [-0.15, -0.1) is 11.3 Å². The van der Waals surface area contributed by atoms with Crippen LogP contribution in [0.3, 0.4) is 0 Å². The fourth-order valence-electron chi connectivity index (χ4n) is 1.53. The van der Waals surface area contributed by atoms with E-state index in [4.69, 9.17) is 10.5 Å². The zero-order chi connectivity index (χ0) is 11.2. The lowest BCUT2D eigenvalue weighted by atomic mass is 10.2. The van der Waals surface area contributed by atoms with Gasteiger partial charge in [0.2, 0.25) is 0 Å². The molecule has 3 heteroatoms. The van der Waals surface area contributed by atoms with Crippen LogP contribution in [0, 0.1) is 0 Å². The molecule has 0 amide bonds. The van der Waals surface area contributed by atoms with Gasteiger partial charge >= 0.3 is 0 Å². The Hall–Kier alpha value is -1.32. The molecule has 0 unspecified atom stereocenters. The second kappa shape index (κ2) is 5.68. The van der Waals surface area contributed by atoms with Gasteiger partial charge in [-0.25, -0.2) is 0 Å². The highest BCUT2D eigenvalue weighted by molar-refractivity contribution is 7.09. The molecule has 84 valence electrons. The number of ether oxygens (including phenoxy) is 1. The third-order valence-corrected chi connectivity index (χ3v) is 3.31. The molecule has 0 aliphatic heterocycles. The van der Waals surface area contributed by atoms with Crippen molar-refractivity contribution in [1.82, 2.24) is 0 Å². The van der Waals surface area contributed by atoms with Crippen LogP contribution < -0.4 is 10.5 Å². The summed E-state index contributed by atoms with van der Waals surface area (Å²) in [7, 11) is 0. The average Bonchev–Trinajstić information content (AvgIpc) is 2.83. The van der Waals surface area contributed by atoms with E-state index in [1.807, 2.05) is 24.3 Å². The fraction of sp³-hybridized carbons (Fsp3) is 0.231. The average molecular weight is 233 g/mol. The smallest absolute Gasteiger partial charge is 0.123 e.